The number of hydrogen-bond donors (Lipinski definition) is 2. The van der Waals surface area contributed by atoms with Crippen molar-refractivity contribution in [1.29, 1.82) is 5.41 Å². The summed E-state index contributed by atoms with van der Waals surface area (Å²) in [5.74, 6) is 0.329. The fourth-order valence-electron chi connectivity index (χ4n) is 4.24. The first kappa shape index (κ1) is 28.7. The predicted molar refractivity (Wildman–Crippen MR) is 154 cm³/mol. The molecule has 0 aliphatic rings. The molecule has 0 aliphatic heterocycles. The van der Waals surface area contributed by atoms with Crippen molar-refractivity contribution >= 4 is 34.9 Å². The minimum Gasteiger partial charge on any atom is -0.346 e. The standard InChI is InChI=1S/C31H32N4O.CO2/c1-5-7-28(18-32)24-12-10-23(11-13-24)19-35-20-33-29-17-27(14-15-30(29)35)31(36)34-22(4)26-9-6-8-25(16-26)21(2)3;2-1-3/h5-18,20-22,32H,1,19H2,2-4H3,(H,34,36);/b28-7+,32-18?;/t22-;/m0./s1. The maximum absolute atomic E-state index is 13.0. The maximum Gasteiger partial charge on any atom is 0.373 e. The molecule has 0 fully saturated rings. The summed E-state index contributed by atoms with van der Waals surface area (Å²) in [6.07, 6.45) is 6.90. The normalized spacial score (nSPS) is 11.7. The lowest BCUT2D eigenvalue weighted by atomic mass is 9.98. The van der Waals surface area contributed by atoms with Gasteiger partial charge in [-0.3, -0.25) is 4.79 Å². The van der Waals surface area contributed by atoms with Crippen LogP contribution in [0.3, 0.4) is 0 Å². The van der Waals surface area contributed by atoms with Crippen molar-refractivity contribution in [3.05, 3.63) is 120 Å². The van der Waals surface area contributed by atoms with Gasteiger partial charge in [0, 0.05) is 18.3 Å². The van der Waals surface area contributed by atoms with E-state index in [1.54, 1.807) is 12.4 Å². The van der Waals surface area contributed by atoms with Gasteiger partial charge < -0.3 is 15.3 Å². The Labute approximate surface area is 228 Å². The Bertz CT molecular complexity index is 1520. The highest BCUT2D eigenvalue weighted by Gasteiger charge is 2.14. The third-order valence-corrected chi connectivity index (χ3v) is 6.40. The van der Waals surface area contributed by atoms with Crippen LogP contribution in [0, 0.1) is 5.41 Å². The third kappa shape index (κ3) is 7.34. The molecule has 0 bridgehead atoms. The summed E-state index contributed by atoms with van der Waals surface area (Å²) in [4.78, 5) is 33.8. The maximum atomic E-state index is 13.0. The topological polar surface area (TPSA) is 105 Å². The van der Waals surface area contributed by atoms with Gasteiger partial charge >= 0.3 is 6.15 Å². The molecule has 0 saturated heterocycles. The van der Waals surface area contributed by atoms with E-state index in [4.69, 9.17) is 15.0 Å². The molecule has 4 aromatic rings. The summed E-state index contributed by atoms with van der Waals surface area (Å²) in [6.45, 7) is 10.7. The van der Waals surface area contributed by atoms with Gasteiger partial charge in [-0.25, -0.2) is 4.98 Å². The summed E-state index contributed by atoms with van der Waals surface area (Å²) in [5.41, 5.74) is 7.63. The van der Waals surface area contributed by atoms with Crippen molar-refractivity contribution in [3.8, 4) is 0 Å². The molecule has 4 rings (SSSR count). The van der Waals surface area contributed by atoms with Gasteiger partial charge in [0.05, 0.1) is 23.4 Å². The molecule has 1 heterocycles. The fraction of sp³-hybridized carbons (Fsp3) is 0.188. The van der Waals surface area contributed by atoms with Gasteiger partial charge in [0.2, 0.25) is 0 Å². The summed E-state index contributed by atoms with van der Waals surface area (Å²) in [7, 11) is 0. The Balaban J connectivity index is 0.00000134. The second kappa shape index (κ2) is 13.6. The molecule has 1 atom stereocenters. The van der Waals surface area contributed by atoms with Gasteiger partial charge in [-0.1, -0.05) is 81.1 Å². The van der Waals surface area contributed by atoms with Gasteiger partial charge in [-0.2, -0.15) is 9.59 Å². The van der Waals surface area contributed by atoms with Crippen LogP contribution in [0.1, 0.15) is 65.3 Å². The highest BCUT2D eigenvalue weighted by molar-refractivity contribution is 6.08. The fourth-order valence-corrected chi connectivity index (χ4v) is 4.24. The number of imidazole rings is 1. The van der Waals surface area contributed by atoms with Crippen molar-refractivity contribution < 1.29 is 14.4 Å². The second-order valence-corrected chi connectivity index (χ2v) is 9.38. The Morgan fingerprint density at radius 3 is 2.33 bits per heavy atom. The van der Waals surface area contributed by atoms with E-state index >= 15 is 0 Å². The molecule has 7 heteroatoms. The van der Waals surface area contributed by atoms with E-state index in [-0.39, 0.29) is 18.1 Å². The largest absolute Gasteiger partial charge is 0.373 e. The number of amides is 1. The molecule has 2 N–H and O–H groups in total. The number of allylic oxidation sites excluding steroid dienone is 3. The van der Waals surface area contributed by atoms with Crippen LogP contribution in [-0.2, 0) is 16.1 Å². The van der Waals surface area contributed by atoms with E-state index in [1.165, 1.54) is 11.8 Å². The van der Waals surface area contributed by atoms with Gasteiger partial charge in [0.25, 0.3) is 5.91 Å². The molecular weight excluding hydrogens is 488 g/mol. The first-order valence-corrected chi connectivity index (χ1v) is 12.6. The van der Waals surface area contributed by atoms with Crippen LogP contribution < -0.4 is 5.32 Å². The molecule has 0 saturated carbocycles. The Morgan fingerprint density at radius 2 is 1.69 bits per heavy atom. The van der Waals surface area contributed by atoms with Crippen LogP contribution in [0.5, 0.6) is 0 Å². The number of carbonyl (C=O) groups is 1. The zero-order valence-electron chi connectivity index (χ0n) is 22.3. The second-order valence-electron chi connectivity index (χ2n) is 9.38. The number of rotatable bonds is 9. The first-order chi connectivity index (χ1) is 18.8. The summed E-state index contributed by atoms with van der Waals surface area (Å²) < 4.78 is 2.07. The number of nitrogens with one attached hydrogen (secondary N) is 2. The lowest BCUT2D eigenvalue weighted by Gasteiger charge is -2.16. The highest BCUT2D eigenvalue weighted by atomic mass is 16.2. The minimum atomic E-state index is -0.112. The minimum absolute atomic E-state index is 0.0954. The lowest BCUT2D eigenvalue weighted by Crippen LogP contribution is -2.26. The number of nitrogens with zero attached hydrogens (tertiary/aromatic N) is 2. The zero-order chi connectivity index (χ0) is 28.4. The van der Waals surface area contributed by atoms with E-state index in [0.29, 0.717) is 18.0 Å². The average molecular weight is 521 g/mol. The molecule has 0 radical (unpaired) electrons. The van der Waals surface area contributed by atoms with E-state index in [9.17, 15) is 4.79 Å². The van der Waals surface area contributed by atoms with Crippen LogP contribution in [-0.4, -0.2) is 27.8 Å². The predicted octanol–water partition coefficient (Wildman–Crippen LogP) is 6.33. The molecule has 0 spiro atoms. The first-order valence-electron chi connectivity index (χ1n) is 12.6. The number of fused-ring (bicyclic) bond motifs is 1. The molecule has 0 aliphatic carbocycles. The SMILES string of the molecule is C=C/C=C(\C=N)c1ccc(Cn2cnc3cc(C(=O)N[C@@H](C)c4cccc(C(C)C)c4)ccc32)cc1.O=C=O. The van der Waals surface area contributed by atoms with Crippen LogP contribution in [0.15, 0.2) is 91.8 Å². The van der Waals surface area contributed by atoms with Crippen molar-refractivity contribution in [2.45, 2.75) is 39.3 Å². The molecule has 0 unspecified atom stereocenters. The molecule has 3 aromatic carbocycles. The van der Waals surface area contributed by atoms with Crippen molar-refractivity contribution in [2.24, 2.45) is 0 Å². The third-order valence-electron chi connectivity index (χ3n) is 6.40. The van der Waals surface area contributed by atoms with Crippen molar-refractivity contribution in [1.82, 2.24) is 14.9 Å². The number of aromatic nitrogens is 2. The Morgan fingerprint density at radius 1 is 1.03 bits per heavy atom. The summed E-state index contributed by atoms with van der Waals surface area (Å²) >= 11 is 0. The summed E-state index contributed by atoms with van der Waals surface area (Å²) in [6, 6.07) is 22.1. The number of benzene rings is 3. The number of hydrogen-bond acceptors (Lipinski definition) is 5. The Kier molecular flexibility index (Phi) is 10.0. The molecular formula is C32H32N4O3. The average Bonchev–Trinajstić information content (AvgIpc) is 3.34. The van der Waals surface area contributed by atoms with E-state index in [0.717, 1.165) is 33.3 Å². The molecule has 1 amide bonds. The van der Waals surface area contributed by atoms with Gasteiger partial charge in [-0.05, 0) is 58.9 Å². The molecule has 1 aromatic heterocycles. The summed E-state index contributed by atoms with van der Waals surface area (Å²) in [5, 5.41) is 10.7. The molecule has 7 nitrogen and oxygen atoms in total. The highest BCUT2D eigenvalue weighted by Crippen LogP contribution is 2.22. The molecule has 39 heavy (non-hydrogen) atoms. The zero-order valence-corrected chi connectivity index (χ0v) is 22.3. The van der Waals surface area contributed by atoms with E-state index in [1.807, 2.05) is 49.4 Å². The molecule has 198 valence electrons. The van der Waals surface area contributed by atoms with Crippen molar-refractivity contribution in [2.75, 3.05) is 0 Å². The van der Waals surface area contributed by atoms with E-state index in [2.05, 4.69) is 65.6 Å². The number of carbonyl (C=O) groups excluding carboxylic acids is 3. The van der Waals surface area contributed by atoms with Crippen LogP contribution in [0.4, 0.5) is 0 Å². The van der Waals surface area contributed by atoms with Crippen molar-refractivity contribution in [3.63, 3.8) is 0 Å². The smallest absolute Gasteiger partial charge is 0.346 e. The van der Waals surface area contributed by atoms with E-state index < -0.39 is 0 Å². The van der Waals surface area contributed by atoms with Crippen LogP contribution >= 0.6 is 0 Å². The van der Waals surface area contributed by atoms with Crippen LogP contribution in [0.25, 0.3) is 16.6 Å². The van der Waals surface area contributed by atoms with Crippen LogP contribution in [0.2, 0.25) is 0 Å². The quantitative estimate of drug-likeness (QED) is 0.199. The Hall–Kier alpha value is -4.87. The monoisotopic (exact) mass is 520 g/mol. The van der Waals surface area contributed by atoms with Gasteiger partial charge in [-0.15, -0.1) is 0 Å². The van der Waals surface area contributed by atoms with Gasteiger partial charge in [0.15, 0.2) is 0 Å². The lowest BCUT2D eigenvalue weighted by molar-refractivity contribution is -0.191. The van der Waals surface area contributed by atoms with Gasteiger partial charge in [0.1, 0.15) is 0 Å².